The maximum absolute atomic E-state index is 12.7. The van der Waals surface area contributed by atoms with Gasteiger partial charge in [0.15, 0.2) is 11.9 Å². The van der Waals surface area contributed by atoms with Crippen molar-refractivity contribution in [2.45, 2.75) is 13.0 Å². The molecule has 1 aliphatic rings. The highest BCUT2D eigenvalue weighted by atomic mass is 35.5. The van der Waals surface area contributed by atoms with E-state index < -0.39 is 12.0 Å². The summed E-state index contributed by atoms with van der Waals surface area (Å²) >= 11 is 5.97. The summed E-state index contributed by atoms with van der Waals surface area (Å²) in [4.78, 5) is 24.3. The Kier molecular flexibility index (Phi) is 4.31. The Balaban J connectivity index is 1.93. The molecule has 0 aliphatic carbocycles. The zero-order valence-corrected chi connectivity index (χ0v) is 13.8. The number of halogens is 1. The lowest BCUT2D eigenvalue weighted by Gasteiger charge is -2.25. The maximum atomic E-state index is 12.7. The van der Waals surface area contributed by atoms with Gasteiger partial charge in [-0.05, 0) is 37.3 Å². The van der Waals surface area contributed by atoms with Gasteiger partial charge in [-0.15, -0.1) is 0 Å². The first-order chi connectivity index (χ1) is 11.5. The first-order valence-corrected chi connectivity index (χ1v) is 7.63. The van der Waals surface area contributed by atoms with Crippen LogP contribution in [0.4, 0.5) is 11.4 Å². The van der Waals surface area contributed by atoms with Crippen molar-refractivity contribution in [3.05, 3.63) is 47.0 Å². The summed E-state index contributed by atoms with van der Waals surface area (Å²) < 4.78 is 10.8. The Morgan fingerprint density at radius 1 is 1.33 bits per heavy atom. The summed E-state index contributed by atoms with van der Waals surface area (Å²) in [5.41, 5.74) is 1.21. The molecule has 124 valence electrons. The minimum absolute atomic E-state index is 0.253. The van der Waals surface area contributed by atoms with Crippen LogP contribution in [0.1, 0.15) is 17.3 Å². The topological polar surface area (TPSA) is 76.7 Å². The summed E-state index contributed by atoms with van der Waals surface area (Å²) in [7, 11) is 1.50. The summed E-state index contributed by atoms with van der Waals surface area (Å²) in [6.07, 6.45) is -0.674. The molecule has 0 saturated carbocycles. The molecular formula is C17H15ClN2O4. The number of anilines is 2. The highest BCUT2D eigenvalue weighted by molar-refractivity contribution is 6.31. The van der Waals surface area contributed by atoms with Crippen LogP contribution in [0.25, 0.3) is 0 Å². The van der Waals surface area contributed by atoms with E-state index in [1.54, 1.807) is 43.3 Å². The smallest absolute Gasteiger partial charge is 0.265 e. The number of benzene rings is 2. The minimum Gasteiger partial charge on any atom is -0.495 e. The molecule has 7 heteroatoms. The Hall–Kier alpha value is -2.73. The highest BCUT2D eigenvalue weighted by Crippen LogP contribution is 2.35. The fraction of sp³-hybridized carbons (Fsp3) is 0.176. The normalized spacial score (nSPS) is 15.8. The number of fused-ring (bicyclic) bond motifs is 1. The molecule has 2 amide bonds. The number of hydrogen-bond acceptors (Lipinski definition) is 4. The predicted molar refractivity (Wildman–Crippen MR) is 91.1 cm³/mol. The molecule has 6 nitrogen and oxygen atoms in total. The standard InChI is InChI=1S/C17H15ClN2O4/c1-9-16(21)19-12-5-3-4-11(15(12)24-9)17(22)20-13-8-10(18)6-7-14(13)23-2/h3-9H,1-2H3,(H,19,21)(H,20,22). The van der Waals surface area contributed by atoms with Crippen LogP contribution in [0, 0.1) is 0 Å². The zero-order valence-electron chi connectivity index (χ0n) is 13.1. The van der Waals surface area contributed by atoms with E-state index in [4.69, 9.17) is 21.1 Å². The number of para-hydroxylation sites is 1. The van der Waals surface area contributed by atoms with Gasteiger partial charge in [0.25, 0.3) is 11.8 Å². The molecule has 0 bridgehead atoms. The van der Waals surface area contributed by atoms with Crippen LogP contribution < -0.4 is 20.1 Å². The van der Waals surface area contributed by atoms with Crippen LogP contribution in [0.3, 0.4) is 0 Å². The van der Waals surface area contributed by atoms with Crippen LogP contribution in [-0.2, 0) is 4.79 Å². The lowest BCUT2D eigenvalue weighted by molar-refractivity contribution is -0.122. The van der Waals surface area contributed by atoms with Crippen LogP contribution in [-0.4, -0.2) is 25.0 Å². The summed E-state index contributed by atoms with van der Waals surface area (Å²) in [6, 6.07) is 9.89. The molecule has 0 aromatic heterocycles. The number of carbonyl (C=O) groups is 2. The largest absolute Gasteiger partial charge is 0.495 e. The van der Waals surface area contributed by atoms with Gasteiger partial charge in [-0.1, -0.05) is 17.7 Å². The SMILES string of the molecule is COc1ccc(Cl)cc1NC(=O)c1cccc2c1OC(C)C(=O)N2. The molecular weight excluding hydrogens is 332 g/mol. The monoisotopic (exact) mass is 346 g/mol. The fourth-order valence-corrected chi connectivity index (χ4v) is 2.55. The summed E-state index contributed by atoms with van der Waals surface area (Å²) in [5.74, 6) is 0.176. The molecule has 1 atom stereocenters. The number of rotatable bonds is 3. The summed E-state index contributed by atoms with van der Waals surface area (Å²) in [5, 5.41) is 5.94. The van der Waals surface area contributed by atoms with Gasteiger partial charge in [0, 0.05) is 5.02 Å². The van der Waals surface area contributed by atoms with E-state index in [0.29, 0.717) is 33.5 Å². The minimum atomic E-state index is -0.674. The second-order valence-electron chi connectivity index (χ2n) is 5.23. The number of carbonyl (C=O) groups excluding carboxylic acids is 2. The average molecular weight is 347 g/mol. The number of nitrogens with one attached hydrogen (secondary N) is 2. The van der Waals surface area contributed by atoms with Crippen molar-refractivity contribution in [2.75, 3.05) is 17.7 Å². The van der Waals surface area contributed by atoms with Crippen molar-refractivity contribution in [3.63, 3.8) is 0 Å². The molecule has 1 unspecified atom stereocenters. The van der Waals surface area contributed by atoms with E-state index in [2.05, 4.69) is 10.6 Å². The lowest BCUT2D eigenvalue weighted by atomic mass is 10.1. The first kappa shape index (κ1) is 16.1. The van der Waals surface area contributed by atoms with Crippen molar-refractivity contribution in [1.29, 1.82) is 0 Å². The van der Waals surface area contributed by atoms with Crippen LogP contribution >= 0.6 is 11.6 Å². The molecule has 0 radical (unpaired) electrons. The molecule has 0 spiro atoms. The molecule has 24 heavy (non-hydrogen) atoms. The van der Waals surface area contributed by atoms with Crippen LogP contribution in [0.2, 0.25) is 5.02 Å². The maximum Gasteiger partial charge on any atom is 0.265 e. The van der Waals surface area contributed by atoms with Crippen molar-refractivity contribution in [3.8, 4) is 11.5 Å². The van der Waals surface area contributed by atoms with E-state index in [0.717, 1.165) is 0 Å². The van der Waals surface area contributed by atoms with Gasteiger partial charge in [0.2, 0.25) is 0 Å². The van der Waals surface area contributed by atoms with Gasteiger partial charge in [0.05, 0.1) is 24.0 Å². The molecule has 0 saturated heterocycles. The Bertz CT molecular complexity index is 822. The second kappa shape index (κ2) is 6.41. The zero-order chi connectivity index (χ0) is 17.3. The van der Waals surface area contributed by atoms with E-state index in [-0.39, 0.29) is 5.91 Å². The second-order valence-corrected chi connectivity index (χ2v) is 5.67. The third-order valence-corrected chi connectivity index (χ3v) is 3.83. The quantitative estimate of drug-likeness (QED) is 0.893. The van der Waals surface area contributed by atoms with Crippen LogP contribution in [0.15, 0.2) is 36.4 Å². The molecule has 2 aromatic carbocycles. The molecule has 0 fully saturated rings. The molecule has 3 rings (SSSR count). The number of hydrogen-bond donors (Lipinski definition) is 2. The van der Waals surface area contributed by atoms with E-state index in [1.807, 2.05) is 0 Å². The number of amides is 2. The van der Waals surface area contributed by atoms with Crippen molar-refractivity contribution in [2.24, 2.45) is 0 Å². The molecule has 1 aliphatic heterocycles. The van der Waals surface area contributed by atoms with Gasteiger partial charge in [-0.2, -0.15) is 0 Å². The average Bonchev–Trinajstić information content (AvgIpc) is 2.55. The van der Waals surface area contributed by atoms with Crippen molar-refractivity contribution >= 4 is 34.8 Å². The van der Waals surface area contributed by atoms with Gasteiger partial charge in [-0.25, -0.2) is 0 Å². The first-order valence-electron chi connectivity index (χ1n) is 7.25. The third kappa shape index (κ3) is 3.00. The van der Waals surface area contributed by atoms with Gasteiger partial charge < -0.3 is 20.1 Å². The Labute approximate surface area is 143 Å². The number of ether oxygens (including phenoxy) is 2. The van der Waals surface area contributed by atoms with Crippen LogP contribution in [0.5, 0.6) is 11.5 Å². The predicted octanol–water partition coefficient (Wildman–Crippen LogP) is 3.32. The van der Waals surface area contributed by atoms with Gasteiger partial charge in [0.1, 0.15) is 5.75 Å². The van der Waals surface area contributed by atoms with E-state index >= 15 is 0 Å². The van der Waals surface area contributed by atoms with Crippen molar-refractivity contribution < 1.29 is 19.1 Å². The van der Waals surface area contributed by atoms with Crippen molar-refractivity contribution in [1.82, 2.24) is 0 Å². The third-order valence-electron chi connectivity index (χ3n) is 3.59. The Morgan fingerprint density at radius 2 is 2.12 bits per heavy atom. The molecule has 2 aromatic rings. The Morgan fingerprint density at radius 3 is 2.88 bits per heavy atom. The summed E-state index contributed by atoms with van der Waals surface area (Å²) in [6.45, 7) is 1.62. The molecule has 1 heterocycles. The number of methoxy groups -OCH3 is 1. The van der Waals surface area contributed by atoms with E-state index in [9.17, 15) is 9.59 Å². The van der Waals surface area contributed by atoms with E-state index in [1.165, 1.54) is 7.11 Å². The molecule has 2 N–H and O–H groups in total. The lowest BCUT2D eigenvalue weighted by Crippen LogP contribution is -2.35. The van der Waals surface area contributed by atoms with Gasteiger partial charge in [-0.3, -0.25) is 9.59 Å². The highest BCUT2D eigenvalue weighted by Gasteiger charge is 2.27. The van der Waals surface area contributed by atoms with Gasteiger partial charge >= 0.3 is 0 Å². The fourth-order valence-electron chi connectivity index (χ4n) is 2.37.